The molecule has 1 fully saturated rings. The van der Waals surface area contributed by atoms with Crippen LogP contribution < -0.4 is 11.2 Å². The number of hydrogen-bond donors (Lipinski definition) is 2. The van der Waals surface area contributed by atoms with Crippen LogP contribution in [0.4, 0.5) is 0 Å². The molecule has 11 heteroatoms. The summed E-state index contributed by atoms with van der Waals surface area (Å²) in [6.07, 6.45) is -1.86. The molecule has 0 spiro atoms. The summed E-state index contributed by atoms with van der Waals surface area (Å²) in [5.74, 6) is 0. The third-order valence-corrected chi connectivity index (χ3v) is 5.70. The van der Waals surface area contributed by atoms with Crippen molar-refractivity contribution in [2.45, 2.75) is 36.7 Å². The maximum atomic E-state index is 12.2. The van der Waals surface area contributed by atoms with Gasteiger partial charge in [-0.2, -0.15) is 8.42 Å². The second-order valence-corrected chi connectivity index (χ2v) is 8.15. The third kappa shape index (κ3) is 4.30. The lowest BCUT2D eigenvalue weighted by Crippen LogP contribution is -2.32. The van der Waals surface area contributed by atoms with Gasteiger partial charge in [-0.15, -0.1) is 0 Å². The molecule has 1 aromatic carbocycles. The van der Waals surface area contributed by atoms with Crippen LogP contribution in [0.2, 0.25) is 5.02 Å². The number of nitrogens with zero attached hydrogens (tertiary/aromatic N) is 1. The zero-order chi connectivity index (χ0) is 19.8. The van der Waals surface area contributed by atoms with Crippen molar-refractivity contribution in [1.82, 2.24) is 9.55 Å². The van der Waals surface area contributed by atoms with Gasteiger partial charge in [-0.05, 0) is 19.1 Å². The molecule has 0 radical (unpaired) electrons. The van der Waals surface area contributed by atoms with Crippen LogP contribution in [-0.4, -0.2) is 41.9 Å². The van der Waals surface area contributed by atoms with E-state index in [1.807, 2.05) is 11.9 Å². The molecule has 1 aliphatic heterocycles. The summed E-state index contributed by atoms with van der Waals surface area (Å²) in [7, 11) is -4.02. The van der Waals surface area contributed by atoms with Gasteiger partial charge in [0.25, 0.3) is 15.7 Å². The van der Waals surface area contributed by atoms with Crippen molar-refractivity contribution in [3.8, 4) is 0 Å². The Balaban J connectivity index is 1.70. The Bertz CT molecular complexity index is 1050. The SMILES string of the molecule is Cc1ccc(S(=O)(=O)OC[C@H]2O[C@@H](n3cc(Cl)c(=O)[nH]c3=O)C[C@@H]2O)cc1. The van der Waals surface area contributed by atoms with E-state index >= 15 is 0 Å². The first-order chi connectivity index (χ1) is 12.7. The molecule has 3 atom stereocenters. The Hall–Kier alpha value is -1.98. The van der Waals surface area contributed by atoms with Crippen LogP contribution >= 0.6 is 11.6 Å². The van der Waals surface area contributed by atoms with E-state index in [0.717, 1.165) is 16.3 Å². The van der Waals surface area contributed by atoms with Crippen LogP contribution in [0.1, 0.15) is 18.2 Å². The van der Waals surface area contributed by atoms with Crippen LogP contribution in [0.5, 0.6) is 0 Å². The number of halogens is 1. The first-order valence-electron chi connectivity index (χ1n) is 7.98. The lowest BCUT2D eigenvalue weighted by Gasteiger charge is -2.16. The van der Waals surface area contributed by atoms with Gasteiger partial charge in [0.05, 0.1) is 17.6 Å². The Labute approximate surface area is 159 Å². The smallest absolute Gasteiger partial charge is 0.330 e. The number of aliphatic hydroxyl groups is 1. The van der Waals surface area contributed by atoms with Crippen LogP contribution in [0.25, 0.3) is 0 Å². The average molecular weight is 417 g/mol. The van der Waals surface area contributed by atoms with Crippen molar-refractivity contribution >= 4 is 21.7 Å². The van der Waals surface area contributed by atoms with Crippen molar-refractivity contribution in [1.29, 1.82) is 0 Å². The molecule has 0 amide bonds. The zero-order valence-electron chi connectivity index (χ0n) is 14.2. The largest absolute Gasteiger partial charge is 0.390 e. The predicted molar refractivity (Wildman–Crippen MR) is 95.2 cm³/mol. The fourth-order valence-corrected chi connectivity index (χ4v) is 3.71. The van der Waals surface area contributed by atoms with Gasteiger partial charge in [0.1, 0.15) is 17.4 Å². The van der Waals surface area contributed by atoms with Crippen LogP contribution in [0, 0.1) is 6.92 Å². The summed E-state index contributed by atoms with van der Waals surface area (Å²) in [6.45, 7) is 1.39. The molecule has 0 bridgehead atoms. The van der Waals surface area contributed by atoms with Gasteiger partial charge in [0.2, 0.25) is 0 Å². The van der Waals surface area contributed by atoms with Crippen LogP contribution in [-0.2, 0) is 19.0 Å². The third-order valence-electron chi connectivity index (χ3n) is 4.14. The Morgan fingerprint density at radius 1 is 1.33 bits per heavy atom. The highest BCUT2D eigenvalue weighted by Gasteiger charge is 2.37. The molecule has 0 unspecified atom stereocenters. The minimum Gasteiger partial charge on any atom is -0.390 e. The number of benzene rings is 1. The minimum absolute atomic E-state index is 0.000878. The lowest BCUT2D eigenvalue weighted by molar-refractivity contribution is -0.0399. The number of aromatic amines is 1. The molecular weight excluding hydrogens is 400 g/mol. The molecule has 9 nitrogen and oxygen atoms in total. The van der Waals surface area contributed by atoms with Crippen molar-refractivity contribution in [2.24, 2.45) is 0 Å². The number of aliphatic hydroxyl groups excluding tert-OH is 1. The molecule has 1 saturated heterocycles. The molecule has 2 aromatic rings. The Kier molecular flexibility index (Phi) is 5.54. The maximum Gasteiger partial charge on any atom is 0.330 e. The van der Waals surface area contributed by atoms with Gasteiger partial charge in [0, 0.05) is 12.6 Å². The zero-order valence-corrected chi connectivity index (χ0v) is 15.7. The second kappa shape index (κ2) is 7.56. The lowest BCUT2D eigenvalue weighted by atomic mass is 10.2. The number of aryl methyl sites for hydroxylation is 1. The molecule has 0 saturated carbocycles. The van der Waals surface area contributed by atoms with E-state index in [2.05, 4.69) is 0 Å². The number of hydrogen-bond acceptors (Lipinski definition) is 7. The number of nitrogens with one attached hydrogen (secondary N) is 1. The molecule has 1 aliphatic rings. The van der Waals surface area contributed by atoms with Crippen molar-refractivity contribution in [3.63, 3.8) is 0 Å². The summed E-state index contributed by atoms with van der Waals surface area (Å²) in [6, 6.07) is 6.11. The summed E-state index contributed by atoms with van der Waals surface area (Å²) in [4.78, 5) is 25.2. The molecule has 0 aliphatic carbocycles. The maximum absolute atomic E-state index is 12.2. The fourth-order valence-electron chi connectivity index (χ4n) is 2.64. The summed E-state index contributed by atoms with van der Waals surface area (Å²) < 4.78 is 36.0. The Morgan fingerprint density at radius 3 is 2.67 bits per heavy atom. The monoisotopic (exact) mass is 416 g/mol. The quantitative estimate of drug-likeness (QED) is 0.681. The van der Waals surface area contributed by atoms with Gasteiger partial charge in [-0.3, -0.25) is 18.5 Å². The highest BCUT2D eigenvalue weighted by atomic mass is 35.5. The highest BCUT2D eigenvalue weighted by molar-refractivity contribution is 7.86. The van der Waals surface area contributed by atoms with Gasteiger partial charge < -0.3 is 9.84 Å². The van der Waals surface area contributed by atoms with E-state index in [9.17, 15) is 23.1 Å². The van der Waals surface area contributed by atoms with Gasteiger partial charge in [-0.25, -0.2) is 4.79 Å². The summed E-state index contributed by atoms with van der Waals surface area (Å²) >= 11 is 5.71. The normalized spacial score (nSPS) is 22.9. The number of ether oxygens (including phenoxy) is 1. The van der Waals surface area contributed by atoms with E-state index < -0.39 is 46.4 Å². The summed E-state index contributed by atoms with van der Waals surface area (Å²) in [5, 5.41) is 9.91. The topological polar surface area (TPSA) is 128 Å². The molecule has 27 heavy (non-hydrogen) atoms. The van der Waals surface area contributed by atoms with Crippen molar-refractivity contribution < 1.29 is 22.4 Å². The molecule has 2 heterocycles. The van der Waals surface area contributed by atoms with Gasteiger partial charge in [-0.1, -0.05) is 29.3 Å². The second-order valence-electron chi connectivity index (χ2n) is 6.13. The van der Waals surface area contributed by atoms with Gasteiger partial charge in [0.15, 0.2) is 0 Å². The highest BCUT2D eigenvalue weighted by Crippen LogP contribution is 2.28. The molecular formula is C16H17ClN2O7S. The molecule has 1 aromatic heterocycles. The van der Waals surface area contributed by atoms with E-state index in [1.54, 1.807) is 12.1 Å². The molecule has 2 N–H and O–H groups in total. The first kappa shape index (κ1) is 19.8. The van der Waals surface area contributed by atoms with E-state index in [1.165, 1.54) is 12.1 Å². The predicted octanol–water partition coefficient (Wildman–Crippen LogP) is 0.552. The van der Waals surface area contributed by atoms with Crippen molar-refractivity contribution in [2.75, 3.05) is 6.61 Å². The molecule has 146 valence electrons. The standard InChI is InChI=1S/C16H17ClN2O7S/c1-9-2-4-10(5-3-9)27(23,24)25-8-13-12(20)6-14(26-13)19-7-11(17)15(21)18-16(19)22/h2-5,7,12-14,20H,6,8H2,1H3,(H,18,21,22)/t12-,13+,14+/m0/s1. The number of rotatable bonds is 5. The van der Waals surface area contributed by atoms with Crippen LogP contribution in [0.3, 0.4) is 0 Å². The van der Waals surface area contributed by atoms with E-state index in [4.69, 9.17) is 20.5 Å². The number of H-pyrrole nitrogens is 1. The van der Waals surface area contributed by atoms with E-state index in [-0.39, 0.29) is 16.3 Å². The van der Waals surface area contributed by atoms with Gasteiger partial charge >= 0.3 is 5.69 Å². The number of aromatic nitrogens is 2. The van der Waals surface area contributed by atoms with E-state index in [0.29, 0.717) is 0 Å². The fraction of sp³-hybridized carbons (Fsp3) is 0.375. The molecule has 3 rings (SSSR count). The first-order valence-corrected chi connectivity index (χ1v) is 9.76. The van der Waals surface area contributed by atoms with Crippen molar-refractivity contribution in [3.05, 3.63) is 61.9 Å². The van der Waals surface area contributed by atoms with Crippen LogP contribution in [0.15, 0.2) is 44.9 Å². The summed E-state index contributed by atoms with van der Waals surface area (Å²) in [5.41, 5.74) is -0.590. The Morgan fingerprint density at radius 2 is 2.00 bits per heavy atom. The average Bonchev–Trinajstić information content (AvgIpc) is 2.97. The minimum atomic E-state index is -4.02.